The van der Waals surface area contributed by atoms with Crippen molar-refractivity contribution in [3.8, 4) is 0 Å². The number of halogens is 1. The molecule has 1 fully saturated rings. The standard InChI is InChI=1S/C26H29FN2/c1-20-7-11-24(12-8-20)26-28(18-22-9-13-25(27)14-10-22)15-4-16-29(26)19-23-6-3-5-21(2)17-23/h3,5-14,17,26H,4,15-16,18-19H2,1-2H3. The van der Waals surface area contributed by atoms with Crippen LogP contribution in [0, 0.1) is 19.7 Å². The van der Waals surface area contributed by atoms with E-state index >= 15 is 0 Å². The summed E-state index contributed by atoms with van der Waals surface area (Å²) in [6.07, 6.45) is 1.35. The largest absolute Gasteiger partial charge is 0.280 e. The first kappa shape index (κ1) is 19.8. The lowest BCUT2D eigenvalue weighted by atomic mass is 10.0. The van der Waals surface area contributed by atoms with Crippen LogP contribution in [0.4, 0.5) is 4.39 Å². The minimum absolute atomic E-state index is 0.177. The van der Waals surface area contributed by atoms with Crippen LogP contribution in [0.15, 0.2) is 72.8 Å². The summed E-state index contributed by atoms with van der Waals surface area (Å²) in [5.74, 6) is -0.177. The Hall–Kier alpha value is -2.49. The molecule has 1 heterocycles. The lowest BCUT2D eigenvalue weighted by Gasteiger charge is -2.44. The van der Waals surface area contributed by atoms with Gasteiger partial charge in [-0.05, 0) is 49.1 Å². The molecule has 1 aliphatic rings. The molecular formula is C26H29FN2. The fourth-order valence-corrected chi connectivity index (χ4v) is 4.31. The average Bonchev–Trinajstić information content (AvgIpc) is 2.71. The lowest BCUT2D eigenvalue weighted by Crippen LogP contribution is -2.46. The van der Waals surface area contributed by atoms with Gasteiger partial charge in [-0.2, -0.15) is 0 Å². The third-order valence-corrected chi connectivity index (χ3v) is 5.72. The molecule has 1 saturated heterocycles. The maximum Gasteiger partial charge on any atom is 0.123 e. The van der Waals surface area contributed by atoms with E-state index in [2.05, 4.69) is 72.2 Å². The monoisotopic (exact) mass is 388 g/mol. The molecule has 0 spiro atoms. The second-order valence-corrected chi connectivity index (χ2v) is 8.19. The second kappa shape index (κ2) is 8.89. The lowest BCUT2D eigenvalue weighted by molar-refractivity contribution is -0.00911. The smallest absolute Gasteiger partial charge is 0.123 e. The quantitative estimate of drug-likeness (QED) is 0.541. The maximum absolute atomic E-state index is 13.4. The molecule has 1 aliphatic heterocycles. The van der Waals surface area contributed by atoms with Crippen molar-refractivity contribution in [3.63, 3.8) is 0 Å². The van der Waals surface area contributed by atoms with E-state index < -0.39 is 0 Å². The predicted molar refractivity (Wildman–Crippen MR) is 117 cm³/mol. The molecule has 0 amide bonds. The van der Waals surface area contributed by atoms with Crippen LogP contribution >= 0.6 is 0 Å². The first-order valence-electron chi connectivity index (χ1n) is 10.4. The molecule has 29 heavy (non-hydrogen) atoms. The van der Waals surface area contributed by atoms with Gasteiger partial charge in [0.05, 0.1) is 6.17 Å². The van der Waals surface area contributed by atoms with Gasteiger partial charge in [0.1, 0.15) is 5.82 Å². The van der Waals surface area contributed by atoms with E-state index in [4.69, 9.17) is 0 Å². The van der Waals surface area contributed by atoms with E-state index in [0.29, 0.717) is 0 Å². The zero-order valence-corrected chi connectivity index (χ0v) is 17.3. The van der Waals surface area contributed by atoms with Gasteiger partial charge in [-0.1, -0.05) is 71.8 Å². The van der Waals surface area contributed by atoms with Crippen LogP contribution in [-0.2, 0) is 13.1 Å². The highest BCUT2D eigenvalue weighted by Crippen LogP contribution is 2.32. The van der Waals surface area contributed by atoms with Crippen molar-refractivity contribution >= 4 is 0 Å². The first-order valence-corrected chi connectivity index (χ1v) is 10.4. The fourth-order valence-electron chi connectivity index (χ4n) is 4.31. The average molecular weight is 389 g/mol. The van der Waals surface area contributed by atoms with Crippen LogP contribution in [-0.4, -0.2) is 22.9 Å². The summed E-state index contributed by atoms with van der Waals surface area (Å²) in [4.78, 5) is 5.10. The van der Waals surface area contributed by atoms with Gasteiger partial charge in [-0.25, -0.2) is 4.39 Å². The molecule has 0 radical (unpaired) electrons. The van der Waals surface area contributed by atoms with Gasteiger partial charge in [0.15, 0.2) is 0 Å². The van der Waals surface area contributed by atoms with Gasteiger partial charge in [0.2, 0.25) is 0 Å². The van der Waals surface area contributed by atoms with Gasteiger partial charge in [0, 0.05) is 26.2 Å². The van der Waals surface area contributed by atoms with Crippen molar-refractivity contribution in [1.29, 1.82) is 0 Å². The van der Waals surface area contributed by atoms with Crippen LogP contribution in [0.5, 0.6) is 0 Å². The van der Waals surface area contributed by atoms with Gasteiger partial charge < -0.3 is 0 Å². The number of hydrogen-bond acceptors (Lipinski definition) is 2. The molecule has 0 saturated carbocycles. The minimum atomic E-state index is -0.177. The van der Waals surface area contributed by atoms with Crippen LogP contribution in [0.1, 0.15) is 40.4 Å². The summed E-state index contributed by atoms with van der Waals surface area (Å²) < 4.78 is 13.4. The van der Waals surface area contributed by atoms with Crippen LogP contribution < -0.4 is 0 Å². The third-order valence-electron chi connectivity index (χ3n) is 5.72. The van der Waals surface area contributed by atoms with Crippen molar-refractivity contribution < 1.29 is 4.39 Å². The first-order chi connectivity index (χ1) is 14.1. The normalized spacial score (nSPS) is 18.1. The summed E-state index contributed by atoms with van der Waals surface area (Å²) in [5.41, 5.74) is 6.41. The number of nitrogens with zero attached hydrogens (tertiary/aromatic N) is 2. The van der Waals surface area contributed by atoms with E-state index in [-0.39, 0.29) is 12.0 Å². The molecular weight excluding hydrogens is 359 g/mol. The molecule has 3 aromatic carbocycles. The number of rotatable bonds is 5. The fraction of sp³-hybridized carbons (Fsp3) is 0.308. The highest BCUT2D eigenvalue weighted by atomic mass is 19.1. The van der Waals surface area contributed by atoms with Crippen LogP contribution in [0.2, 0.25) is 0 Å². The van der Waals surface area contributed by atoms with Crippen molar-refractivity contribution in [3.05, 3.63) is 106 Å². The maximum atomic E-state index is 13.4. The van der Waals surface area contributed by atoms with Gasteiger partial charge in [-0.3, -0.25) is 9.80 Å². The molecule has 3 aromatic rings. The highest BCUT2D eigenvalue weighted by Gasteiger charge is 2.30. The van der Waals surface area contributed by atoms with Crippen molar-refractivity contribution in [2.45, 2.75) is 39.5 Å². The number of hydrogen-bond donors (Lipinski definition) is 0. The third kappa shape index (κ3) is 4.92. The molecule has 1 unspecified atom stereocenters. The summed E-state index contributed by atoms with van der Waals surface area (Å²) in [6.45, 7) is 8.15. The van der Waals surface area contributed by atoms with E-state index in [0.717, 1.165) is 38.2 Å². The second-order valence-electron chi connectivity index (χ2n) is 8.19. The molecule has 0 bridgehead atoms. The van der Waals surface area contributed by atoms with Gasteiger partial charge in [-0.15, -0.1) is 0 Å². The summed E-state index contributed by atoms with van der Waals surface area (Å²) in [6, 6.07) is 24.6. The highest BCUT2D eigenvalue weighted by molar-refractivity contribution is 5.26. The molecule has 4 rings (SSSR count). The Bertz CT molecular complexity index is 934. The molecule has 0 aliphatic carbocycles. The van der Waals surface area contributed by atoms with Crippen molar-refractivity contribution in [2.75, 3.05) is 13.1 Å². The summed E-state index contributed by atoms with van der Waals surface area (Å²) in [5, 5.41) is 0. The molecule has 150 valence electrons. The van der Waals surface area contributed by atoms with Gasteiger partial charge in [0.25, 0.3) is 0 Å². The Morgan fingerprint density at radius 2 is 1.41 bits per heavy atom. The van der Waals surface area contributed by atoms with E-state index in [9.17, 15) is 4.39 Å². The van der Waals surface area contributed by atoms with Crippen LogP contribution in [0.25, 0.3) is 0 Å². The molecule has 0 aromatic heterocycles. The SMILES string of the molecule is Cc1ccc(C2N(Cc3ccc(F)cc3)CCCN2Cc2cccc(C)c2)cc1. The van der Waals surface area contributed by atoms with Crippen LogP contribution in [0.3, 0.4) is 0 Å². The molecule has 0 N–H and O–H groups in total. The minimum Gasteiger partial charge on any atom is -0.280 e. The Kier molecular flexibility index (Phi) is 6.08. The Labute approximate surface area is 173 Å². The molecule has 2 nitrogen and oxygen atoms in total. The van der Waals surface area contributed by atoms with Gasteiger partial charge >= 0.3 is 0 Å². The van der Waals surface area contributed by atoms with E-state index in [1.165, 1.54) is 22.3 Å². The zero-order valence-electron chi connectivity index (χ0n) is 17.3. The topological polar surface area (TPSA) is 6.48 Å². The number of aryl methyl sites for hydroxylation is 2. The zero-order chi connectivity index (χ0) is 20.2. The molecule has 3 heteroatoms. The Morgan fingerprint density at radius 3 is 2.07 bits per heavy atom. The Morgan fingerprint density at radius 1 is 0.759 bits per heavy atom. The number of benzene rings is 3. The summed E-state index contributed by atoms with van der Waals surface area (Å²) in [7, 11) is 0. The predicted octanol–water partition coefficient (Wildman–Crippen LogP) is 5.85. The Balaban J connectivity index is 1.63. The summed E-state index contributed by atoms with van der Waals surface area (Å²) >= 11 is 0. The van der Waals surface area contributed by atoms with Crippen molar-refractivity contribution in [2.24, 2.45) is 0 Å². The van der Waals surface area contributed by atoms with E-state index in [1.54, 1.807) is 12.1 Å². The van der Waals surface area contributed by atoms with E-state index in [1.807, 2.05) is 12.1 Å². The molecule has 1 atom stereocenters. The van der Waals surface area contributed by atoms with Crippen molar-refractivity contribution in [1.82, 2.24) is 9.80 Å².